The Morgan fingerprint density at radius 1 is 1.23 bits per heavy atom. The molecule has 1 aromatic carbocycles. The molecule has 1 aliphatic rings. The number of nitrogens with zero attached hydrogens (tertiary/aromatic N) is 5. The van der Waals surface area contributed by atoms with Crippen molar-refractivity contribution in [3.8, 4) is 11.3 Å². The van der Waals surface area contributed by atoms with Crippen LogP contribution in [0.5, 0.6) is 0 Å². The third-order valence-electron chi connectivity index (χ3n) is 5.57. The summed E-state index contributed by atoms with van der Waals surface area (Å²) in [6.45, 7) is 6.67. The summed E-state index contributed by atoms with van der Waals surface area (Å²) in [5, 5.41) is 4.90. The van der Waals surface area contributed by atoms with Crippen LogP contribution in [0.3, 0.4) is 0 Å². The average Bonchev–Trinajstić information content (AvgIpc) is 3.21. The summed E-state index contributed by atoms with van der Waals surface area (Å²) in [6, 6.07) is 5.52. The van der Waals surface area contributed by atoms with Crippen LogP contribution in [0.25, 0.3) is 22.2 Å². The largest absolute Gasteiger partial charge is 0.342 e. The minimum absolute atomic E-state index is 0.0996. The second kappa shape index (κ2) is 7.51. The fourth-order valence-electron chi connectivity index (χ4n) is 3.73. The molecule has 0 spiro atoms. The lowest BCUT2D eigenvalue weighted by molar-refractivity contribution is -0.137. The van der Waals surface area contributed by atoms with Crippen molar-refractivity contribution in [3.05, 3.63) is 48.0 Å². The number of carbonyl (C=O) groups is 2. The van der Waals surface area contributed by atoms with Crippen molar-refractivity contribution < 1.29 is 14.0 Å². The third-order valence-corrected chi connectivity index (χ3v) is 5.57. The number of rotatable bonds is 3. The van der Waals surface area contributed by atoms with Gasteiger partial charge in [-0.2, -0.15) is 5.10 Å². The summed E-state index contributed by atoms with van der Waals surface area (Å²) < 4.78 is 15.7. The highest BCUT2D eigenvalue weighted by molar-refractivity contribution is 6.08. The summed E-state index contributed by atoms with van der Waals surface area (Å²) in [7, 11) is 1.73. The number of benzene rings is 1. The minimum Gasteiger partial charge on any atom is -0.342 e. The Morgan fingerprint density at radius 3 is 2.70 bits per heavy atom. The molecule has 1 saturated heterocycles. The Hall–Kier alpha value is -3.29. The number of hydrogen-bond donors (Lipinski definition) is 0. The molecule has 0 bridgehead atoms. The van der Waals surface area contributed by atoms with Crippen LogP contribution in [-0.2, 0) is 4.79 Å². The lowest BCUT2D eigenvalue weighted by Crippen LogP contribution is -2.56. The molecule has 0 radical (unpaired) electrons. The molecule has 3 heterocycles. The molecule has 0 N–H and O–H groups in total. The number of amides is 2. The molecule has 7 nitrogen and oxygen atoms in total. The summed E-state index contributed by atoms with van der Waals surface area (Å²) in [5.74, 6) is -0.788. The van der Waals surface area contributed by atoms with Crippen molar-refractivity contribution in [2.75, 3.05) is 20.1 Å². The van der Waals surface area contributed by atoms with Gasteiger partial charge in [-0.3, -0.25) is 14.3 Å². The smallest absolute Gasteiger partial charge is 0.255 e. The Bertz CT molecular complexity index is 1140. The van der Waals surface area contributed by atoms with Gasteiger partial charge in [-0.05, 0) is 39.0 Å². The van der Waals surface area contributed by atoms with E-state index < -0.39 is 11.9 Å². The minimum atomic E-state index is -0.563. The number of halogens is 1. The normalized spacial score (nSPS) is 17.3. The highest BCUT2D eigenvalue weighted by Gasteiger charge is 2.33. The van der Waals surface area contributed by atoms with Crippen LogP contribution in [0.1, 0.15) is 37.2 Å². The molecule has 1 fully saturated rings. The summed E-state index contributed by atoms with van der Waals surface area (Å²) in [6.07, 6.45) is 3.54. The maximum absolute atomic E-state index is 13.9. The Morgan fingerprint density at radius 2 is 2.00 bits per heavy atom. The van der Waals surface area contributed by atoms with Gasteiger partial charge in [0.1, 0.15) is 11.9 Å². The Kier molecular flexibility index (Phi) is 5.01. The molecular formula is C22H24FN5O2. The number of hydrogen-bond acceptors (Lipinski definition) is 4. The van der Waals surface area contributed by atoms with Crippen LogP contribution in [0, 0.1) is 5.82 Å². The first-order valence-corrected chi connectivity index (χ1v) is 9.97. The number of carbonyl (C=O) groups excluding carboxylic acids is 2. The predicted octanol–water partition coefficient (Wildman–Crippen LogP) is 3.12. The van der Waals surface area contributed by atoms with Gasteiger partial charge in [-0.25, -0.2) is 9.37 Å². The first-order chi connectivity index (χ1) is 14.3. The van der Waals surface area contributed by atoms with Crippen molar-refractivity contribution >= 4 is 22.7 Å². The summed E-state index contributed by atoms with van der Waals surface area (Å²) in [4.78, 5) is 33.6. The molecule has 30 heavy (non-hydrogen) atoms. The van der Waals surface area contributed by atoms with E-state index in [4.69, 9.17) is 0 Å². The number of aromatic nitrogens is 3. The van der Waals surface area contributed by atoms with E-state index in [-0.39, 0.29) is 17.9 Å². The van der Waals surface area contributed by atoms with Crippen LogP contribution in [-0.4, -0.2) is 62.6 Å². The highest BCUT2D eigenvalue weighted by Crippen LogP contribution is 2.28. The molecule has 1 atom stereocenters. The second-order valence-corrected chi connectivity index (χ2v) is 7.95. The zero-order valence-electron chi connectivity index (χ0n) is 17.5. The van der Waals surface area contributed by atoms with Crippen molar-refractivity contribution in [2.45, 2.75) is 32.9 Å². The Labute approximate surface area is 174 Å². The topological polar surface area (TPSA) is 71.3 Å². The molecule has 2 amide bonds. The molecule has 1 aliphatic heterocycles. The molecule has 4 rings (SSSR count). The first kappa shape index (κ1) is 20.0. The molecule has 0 aliphatic carbocycles. The van der Waals surface area contributed by atoms with Crippen molar-refractivity contribution in [3.63, 3.8) is 0 Å². The second-order valence-electron chi connectivity index (χ2n) is 7.95. The number of piperazine rings is 1. The quantitative estimate of drug-likeness (QED) is 0.666. The van der Waals surface area contributed by atoms with Crippen LogP contribution in [0.4, 0.5) is 4.39 Å². The van der Waals surface area contributed by atoms with Crippen molar-refractivity contribution in [2.24, 2.45) is 0 Å². The SMILES string of the molecule is CC1C(=O)N(C)CCN1C(=O)c1cc(-c2cnn(C(C)C)c2)nc2cc(F)ccc12. The van der Waals surface area contributed by atoms with Gasteiger partial charge in [-0.15, -0.1) is 0 Å². The van der Waals surface area contributed by atoms with E-state index >= 15 is 0 Å². The van der Waals surface area contributed by atoms with E-state index in [9.17, 15) is 14.0 Å². The van der Waals surface area contributed by atoms with Gasteiger partial charge >= 0.3 is 0 Å². The van der Waals surface area contributed by atoms with E-state index in [0.717, 1.165) is 5.56 Å². The van der Waals surface area contributed by atoms with Crippen molar-refractivity contribution in [1.82, 2.24) is 24.6 Å². The van der Waals surface area contributed by atoms with Crippen LogP contribution in [0.2, 0.25) is 0 Å². The van der Waals surface area contributed by atoms with E-state index in [1.807, 2.05) is 20.0 Å². The average molecular weight is 409 g/mol. The highest BCUT2D eigenvalue weighted by atomic mass is 19.1. The molecule has 8 heteroatoms. The van der Waals surface area contributed by atoms with Gasteiger partial charge < -0.3 is 9.80 Å². The van der Waals surface area contributed by atoms with E-state index in [0.29, 0.717) is 35.2 Å². The number of likely N-dealkylation sites (N-methyl/N-ethyl adjacent to an activating group) is 1. The molecule has 156 valence electrons. The van der Waals surface area contributed by atoms with E-state index in [1.54, 1.807) is 46.8 Å². The molecule has 1 unspecified atom stereocenters. The van der Waals surface area contributed by atoms with Gasteiger partial charge in [0.2, 0.25) is 5.91 Å². The molecular weight excluding hydrogens is 385 g/mol. The maximum Gasteiger partial charge on any atom is 0.255 e. The zero-order chi connectivity index (χ0) is 21.6. The number of fused-ring (bicyclic) bond motifs is 1. The Balaban J connectivity index is 1.83. The first-order valence-electron chi connectivity index (χ1n) is 9.97. The fourth-order valence-corrected chi connectivity index (χ4v) is 3.73. The third kappa shape index (κ3) is 3.42. The molecule has 3 aromatic rings. The number of pyridine rings is 1. The summed E-state index contributed by atoms with van der Waals surface area (Å²) in [5.41, 5.74) is 2.07. The van der Waals surface area contributed by atoms with E-state index in [2.05, 4.69) is 10.1 Å². The monoisotopic (exact) mass is 409 g/mol. The fraction of sp³-hybridized carbons (Fsp3) is 0.364. The van der Waals surface area contributed by atoms with Crippen LogP contribution in [0.15, 0.2) is 36.7 Å². The molecule has 2 aromatic heterocycles. The maximum atomic E-state index is 13.9. The van der Waals surface area contributed by atoms with Gasteiger partial charge in [0, 0.05) is 49.4 Å². The van der Waals surface area contributed by atoms with Gasteiger partial charge in [0.25, 0.3) is 5.91 Å². The lowest BCUT2D eigenvalue weighted by Gasteiger charge is -2.37. The molecule has 0 saturated carbocycles. The van der Waals surface area contributed by atoms with Gasteiger partial charge in [-0.1, -0.05) is 0 Å². The van der Waals surface area contributed by atoms with Crippen LogP contribution < -0.4 is 0 Å². The van der Waals surface area contributed by atoms with Gasteiger partial charge in [0.15, 0.2) is 0 Å². The van der Waals surface area contributed by atoms with Crippen molar-refractivity contribution in [1.29, 1.82) is 0 Å². The lowest BCUT2D eigenvalue weighted by atomic mass is 10.0. The predicted molar refractivity (Wildman–Crippen MR) is 111 cm³/mol. The zero-order valence-corrected chi connectivity index (χ0v) is 17.5. The summed E-state index contributed by atoms with van der Waals surface area (Å²) >= 11 is 0. The van der Waals surface area contributed by atoms with Gasteiger partial charge in [0.05, 0.1) is 23.0 Å². The van der Waals surface area contributed by atoms with Crippen LogP contribution >= 0.6 is 0 Å². The van der Waals surface area contributed by atoms with E-state index in [1.165, 1.54) is 12.1 Å². The standard InChI is InChI=1S/C22H24FN5O2/c1-13(2)28-12-15(11-24-28)19-10-18(17-6-5-16(23)9-20(17)25-19)22(30)27-8-7-26(4)21(29)14(27)3/h5-6,9-14H,7-8H2,1-4H3.